The molecule has 0 atom stereocenters. The molecular weight excluding hydrogens is 352 g/mol. The fourth-order valence-electron chi connectivity index (χ4n) is 3.30. The predicted molar refractivity (Wildman–Crippen MR) is 110 cm³/mol. The molecule has 0 amide bonds. The van der Waals surface area contributed by atoms with Gasteiger partial charge in [0.15, 0.2) is 17.2 Å². The zero-order chi connectivity index (χ0) is 18.8. The molecule has 0 aliphatic rings. The maximum absolute atomic E-state index is 12.9. The smallest absolute Gasteiger partial charge is 0.181 e. The minimum atomic E-state index is 0. The van der Waals surface area contributed by atoms with Crippen LogP contribution in [0.2, 0.25) is 0 Å². The summed E-state index contributed by atoms with van der Waals surface area (Å²) in [7, 11) is 0. The summed E-state index contributed by atoms with van der Waals surface area (Å²) in [4.78, 5) is 26.1. The molecule has 0 spiro atoms. The van der Waals surface area contributed by atoms with E-state index in [-0.39, 0.29) is 13.2 Å². The molecule has 0 saturated carbocycles. The molecule has 6 nitrogen and oxygen atoms in total. The average Bonchev–Trinajstić information content (AvgIpc) is 3.03. The third-order valence-corrected chi connectivity index (χ3v) is 4.53. The molecule has 0 unspecified atom stereocenters. The van der Waals surface area contributed by atoms with Crippen molar-refractivity contribution in [3.8, 4) is 5.75 Å². The van der Waals surface area contributed by atoms with Crippen molar-refractivity contribution < 1.29 is 9.53 Å². The number of carbonyl (C=O) groups is 1. The van der Waals surface area contributed by atoms with Gasteiger partial charge in [0, 0.05) is 25.0 Å². The Kier molecular flexibility index (Phi) is 5.68. The lowest BCUT2D eigenvalue weighted by molar-refractivity contribution is 0.0976. The van der Waals surface area contributed by atoms with Crippen LogP contribution in [0.1, 0.15) is 42.5 Å². The first-order valence-electron chi connectivity index (χ1n) is 9.00. The monoisotopic (exact) mass is 376 g/mol. The number of rotatable bonds is 6. The van der Waals surface area contributed by atoms with Crippen molar-refractivity contribution >= 4 is 22.5 Å². The lowest BCUT2D eigenvalue weighted by Crippen LogP contribution is -2.07. The van der Waals surface area contributed by atoms with Gasteiger partial charge in [-0.2, -0.15) is 0 Å². The number of aryl methyl sites for hydroxylation is 2. The molecular formula is C22H24N4O2. The van der Waals surface area contributed by atoms with E-state index in [0.29, 0.717) is 36.5 Å². The molecule has 3 heterocycles. The zero-order valence-electron chi connectivity index (χ0n) is 15.3. The second kappa shape index (κ2) is 8.17. The third-order valence-electron chi connectivity index (χ3n) is 4.53. The second-order valence-corrected chi connectivity index (χ2v) is 6.35. The molecule has 0 fully saturated rings. The van der Waals surface area contributed by atoms with Gasteiger partial charge in [0.25, 0.3) is 0 Å². The molecule has 4 aromatic rings. The van der Waals surface area contributed by atoms with Crippen molar-refractivity contribution in [2.24, 2.45) is 0 Å². The summed E-state index contributed by atoms with van der Waals surface area (Å²) in [5.74, 6) is 0.753. The van der Waals surface area contributed by atoms with Gasteiger partial charge in [-0.1, -0.05) is 13.5 Å². The van der Waals surface area contributed by atoms with Crippen molar-refractivity contribution in [1.82, 2.24) is 19.4 Å². The van der Waals surface area contributed by atoms with Crippen LogP contribution in [0.5, 0.6) is 5.75 Å². The Bertz CT molecular complexity index is 1130. The standard InChI is InChI=1S/C21H20N4O2.CH4/c1-3-27-19-5-4-12-25-20(14(2)24-21(19)25)18(26)9-7-15-6-8-16-17(13-15)23-11-10-22-16;/h4-6,8,10-13H,3,7,9H2,1-2H3;1H4. The lowest BCUT2D eigenvalue weighted by atomic mass is 10.0. The van der Waals surface area contributed by atoms with Crippen molar-refractivity contribution in [1.29, 1.82) is 0 Å². The van der Waals surface area contributed by atoms with E-state index >= 15 is 0 Å². The van der Waals surface area contributed by atoms with E-state index < -0.39 is 0 Å². The summed E-state index contributed by atoms with van der Waals surface area (Å²) in [6, 6.07) is 9.67. The van der Waals surface area contributed by atoms with Gasteiger partial charge >= 0.3 is 0 Å². The minimum absolute atomic E-state index is 0. The fraction of sp³-hybridized carbons (Fsp3) is 0.273. The van der Waals surface area contributed by atoms with Gasteiger partial charge in [-0.15, -0.1) is 0 Å². The Morgan fingerprint density at radius 2 is 1.93 bits per heavy atom. The van der Waals surface area contributed by atoms with Gasteiger partial charge in [0.1, 0.15) is 5.69 Å². The number of nitrogens with zero attached hydrogens (tertiary/aromatic N) is 4. The first-order chi connectivity index (χ1) is 13.2. The second-order valence-electron chi connectivity index (χ2n) is 6.35. The summed E-state index contributed by atoms with van der Waals surface area (Å²) in [5.41, 5.74) is 4.78. The molecule has 6 heteroatoms. The maximum atomic E-state index is 12.9. The number of pyridine rings is 1. The number of benzene rings is 1. The van der Waals surface area contributed by atoms with Gasteiger partial charge in [-0.25, -0.2) is 4.98 Å². The predicted octanol–water partition coefficient (Wildman–Crippen LogP) is 4.44. The fourth-order valence-corrected chi connectivity index (χ4v) is 3.30. The molecule has 144 valence electrons. The highest BCUT2D eigenvalue weighted by Gasteiger charge is 2.18. The number of imidazole rings is 1. The zero-order valence-corrected chi connectivity index (χ0v) is 15.3. The number of Topliss-reactive ketones (excluding diaryl/α,β-unsaturated/α-hetero) is 1. The van der Waals surface area contributed by atoms with E-state index in [9.17, 15) is 4.79 Å². The third kappa shape index (κ3) is 3.58. The quantitative estimate of drug-likeness (QED) is 0.465. The van der Waals surface area contributed by atoms with Crippen LogP contribution in [0.15, 0.2) is 48.9 Å². The summed E-state index contributed by atoms with van der Waals surface area (Å²) in [5, 5.41) is 0. The first kappa shape index (κ1) is 19.5. The van der Waals surface area contributed by atoms with Crippen LogP contribution in [0.3, 0.4) is 0 Å². The van der Waals surface area contributed by atoms with Crippen molar-refractivity contribution in [2.75, 3.05) is 6.61 Å². The topological polar surface area (TPSA) is 69.4 Å². The number of hydrogen-bond acceptors (Lipinski definition) is 5. The maximum Gasteiger partial charge on any atom is 0.181 e. The van der Waals surface area contributed by atoms with Gasteiger partial charge in [-0.3, -0.25) is 19.2 Å². The van der Waals surface area contributed by atoms with Crippen LogP contribution in [-0.2, 0) is 6.42 Å². The van der Waals surface area contributed by atoms with E-state index in [1.807, 2.05) is 54.8 Å². The Morgan fingerprint density at radius 1 is 1.14 bits per heavy atom. The number of ether oxygens (including phenoxy) is 1. The van der Waals surface area contributed by atoms with E-state index in [2.05, 4.69) is 15.0 Å². The Labute approximate surface area is 164 Å². The highest BCUT2D eigenvalue weighted by atomic mass is 16.5. The van der Waals surface area contributed by atoms with Gasteiger partial charge in [0.2, 0.25) is 0 Å². The molecule has 0 radical (unpaired) electrons. The van der Waals surface area contributed by atoms with Gasteiger partial charge in [-0.05, 0) is 50.1 Å². The van der Waals surface area contributed by atoms with Crippen LogP contribution in [0.25, 0.3) is 16.7 Å². The molecule has 0 aliphatic carbocycles. The highest BCUT2D eigenvalue weighted by molar-refractivity contribution is 5.97. The first-order valence-corrected chi connectivity index (χ1v) is 9.00. The van der Waals surface area contributed by atoms with Crippen LogP contribution in [0.4, 0.5) is 0 Å². The number of fused-ring (bicyclic) bond motifs is 2. The summed E-state index contributed by atoms with van der Waals surface area (Å²) in [6.45, 7) is 4.35. The van der Waals surface area contributed by atoms with E-state index in [4.69, 9.17) is 4.74 Å². The molecule has 0 N–H and O–H groups in total. The molecule has 28 heavy (non-hydrogen) atoms. The largest absolute Gasteiger partial charge is 0.490 e. The average molecular weight is 376 g/mol. The molecule has 4 rings (SSSR count). The Morgan fingerprint density at radius 3 is 2.71 bits per heavy atom. The van der Waals surface area contributed by atoms with E-state index in [0.717, 1.165) is 22.3 Å². The molecule has 0 saturated heterocycles. The molecule has 0 aliphatic heterocycles. The van der Waals surface area contributed by atoms with Crippen LogP contribution in [-0.4, -0.2) is 31.7 Å². The molecule has 3 aromatic heterocycles. The summed E-state index contributed by atoms with van der Waals surface area (Å²) >= 11 is 0. The highest BCUT2D eigenvalue weighted by Crippen LogP contribution is 2.23. The Hall–Kier alpha value is -3.28. The number of aromatic nitrogens is 4. The van der Waals surface area contributed by atoms with E-state index in [1.165, 1.54) is 0 Å². The summed E-state index contributed by atoms with van der Waals surface area (Å²) < 4.78 is 7.46. The van der Waals surface area contributed by atoms with Crippen molar-refractivity contribution in [3.05, 3.63) is 65.9 Å². The van der Waals surface area contributed by atoms with Crippen molar-refractivity contribution in [2.45, 2.75) is 34.1 Å². The van der Waals surface area contributed by atoms with E-state index in [1.54, 1.807) is 12.4 Å². The summed E-state index contributed by atoms with van der Waals surface area (Å²) in [6.07, 6.45) is 6.25. The van der Waals surface area contributed by atoms with Gasteiger partial charge in [0.05, 0.1) is 23.3 Å². The number of hydrogen-bond donors (Lipinski definition) is 0. The van der Waals surface area contributed by atoms with Crippen molar-refractivity contribution in [3.63, 3.8) is 0 Å². The van der Waals surface area contributed by atoms with Crippen LogP contribution >= 0.6 is 0 Å². The lowest BCUT2D eigenvalue weighted by Gasteiger charge is -2.06. The molecule has 0 bridgehead atoms. The molecule has 1 aromatic carbocycles. The van der Waals surface area contributed by atoms with Gasteiger partial charge < -0.3 is 4.74 Å². The SMILES string of the molecule is C.CCOc1cccn2c(C(=O)CCc3ccc4nccnc4c3)c(C)nc12. The van der Waals surface area contributed by atoms with Crippen LogP contribution in [0, 0.1) is 6.92 Å². The Balaban J connectivity index is 0.00000225. The number of ketones is 1. The number of carbonyl (C=O) groups excluding carboxylic acids is 1. The van der Waals surface area contributed by atoms with Crippen LogP contribution < -0.4 is 4.74 Å². The normalized spacial score (nSPS) is 10.8. The minimum Gasteiger partial charge on any atom is -0.490 e.